The van der Waals surface area contributed by atoms with Crippen LogP contribution in [0.15, 0.2) is 24.3 Å². The first kappa shape index (κ1) is 19.5. The third-order valence-corrected chi connectivity index (χ3v) is 4.04. The van der Waals surface area contributed by atoms with Gasteiger partial charge in [0.05, 0.1) is 12.7 Å². The highest BCUT2D eigenvalue weighted by Crippen LogP contribution is 2.18. The molecule has 1 aromatic rings. The molecule has 140 valence electrons. The van der Waals surface area contributed by atoms with Crippen molar-refractivity contribution in [2.75, 3.05) is 6.61 Å². The molecule has 1 aromatic carbocycles. The molecule has 0 saturated heterocycles. The maximum absolute atomic E-state index is 12.0. The van der Waals surface area contributed by atoms with Crippen molar-refractivity contribution in [3.8, 4) is 0 Å². The Morgan fingerprint density at radius 1 is 1.12 bits per heavy atom. The first-order chi connectivity index (χ1) is 11.8. The molecule has 8 heteroatoms. The highest BCUT2D eigenvalue weighted by Gasteiger charge is 2.27. The summed E-state index contributed by atoms with van der Waals surface area (Å²) in [6, 6.07) is 6.64. The van der Waals surface area contributed by atoms with Crippen LogP contribution in [0.25, 0.3) is 0 Å². The van der Waals surface area contributed by atoms with E-state index in [-0.39, 0.29) is 24.8 Å². The summed E-state index contributed by atoms with van der Waals surface area (Å²) in [4.78, 5) is 11.9. The predicted molar refractivity (Wildman–Crippen MR) is 85.8 cm³/mol. The SMILES string of the molecule is O=C(NCc1ccc(COCC(F)(F)F)cc1)NC1CCC(O)CC1. The molecule has 25 heavy (non-hydrogen) atoms. The lowest BCUT2D eigenvalue weighted by Crippen LogP contribution is -2.43. The Hall–Kier alpha value is -1.80. The van der Waals surface area contributed by atoms with E-state index in [9.17, 15) is 23.1 Å². The number of carbonyl (C=O) groups excluding carboxylic acids is 1. The summed E-state index contributed by atoms with van der Waals surface area (Å²) < 4.78 is 40.6. The number of hydrogen-bond acceptors (Lipinski definition) is 3. The third-order valence-electron chi connectivity index (χ3n) is 4.04. The van der Waals surface area contributed by atoms with E-state index in [0.717, 1.165) is 18.4 Å². The standard InChI is InChI=1S/C17H23F3N2O3/c18-17(19,20)11-25-10-13-3-1-12(2-4-13)9-21-16(24)22-14-5-7-15(23)8-6-14/h1-4,14-15,23H,5-11H2,(H2,21,22,24). The van der Waals surface area contributed by atoms with Gasteiger partial charge in [-0.1, -0.05) is 24.3 Å². The van der Waals surface area contributed by atoms with Crippen molar-refractivity contribution in [1.29, 1.82) is 0 Å². The summed E-state index contributed by atoms with van der Waals surface area (Å²) in [5.41, 5.74) is 1.48. The van der Waals surface area contributed by atoms with Crippen LogP contribution in [0.5, 0.6) is 0 Å². The molecule has 5 nitrogen and oxygen atoms in total. The van der Waals surface area contributed by atoms with E-state index >= 15 is 0 Å². The number of hydrogen-bond donors (Lipinski definition) is 3. The second kappa shape index (κ2) is 9.05. The van der Waals surface area contributed by atoms with E-state index in [1.54, 1.807) is 24.3 Å². The van der Waals surface area contributed by atoms with Crippen molar-refractivity contribution < 1.29 is 27.8 Å². The summed E-state index contributed by atoms with van der Waals surface area (Å²) in [6.07, 6.45) is -1.67. The Morgan fingerprint density at radius 2 is 1.72 bits per heavy atom. The van der Waals surface area contributed by atoms with Gasteiger partial charge in [-0.25, -0.2) is 4.79 Å². The topological polar surface area (TPSA) is 70.6 Å². The zero-order valence-corrected chi connectivity index (χ0v) is 13.8. The number of nitrogens with one attached hydrogen (secondary N) is 2. The molecular formula is C17H23F3N2O3. The van der Waals surface area contributed by atoms with E-state index in [1.807, 2.05) is 0 Å². The van der Waals surface area contributed by atoms with E-state index in [2.05, 4.69) is 15.4 Å². The van der Waals surface area contributed by atoms with Gasteiger partial charge in [0, 0.05) is 12.6 Å². The van der Waals surface area contributed by atoms with Gasteiger partial charge in [-0.3, -0.25) is 0 Å². The molecular weight excluding hydrogens is 337 g/mol. The summed E-state index contributed by atoms with van der Waals surface area (Å²) in [6.45, 7) is -1.05. The fourth-order valence-electron chi connectivity index (χ4n) is 2.68. The quantitative estimate of drug-likeness (QED) is 0.731. The minimum atomic E-state index is -4.33. The van der Waals surface area contributed by atoms with Crippen LogP contribution in [-0.4, -0.2) is 36.1 Å². The van der Waals surface area contributed by atoms with Crippen LogP contribution in [0.3, 0.4) is 0 Å². The average molecular weight is 360 g/mol. The van der Waals surface area contributed by atoms with Crippen molar-refractivity contribution in [2.45, 2.75) is 57.2 Å². The molecule has 1 aliphatic rings. The molecule has 1 fully saturated rings. The molecule has 0 bridgehead atoms. The fraction of sp³-hybridized carbons (Fsp3) is 0.588. The number of aliphatic hydroxyl groups is 1. The number of aliphatic hydroxyl groups excluding tert-OH is 1. The largest absolute Gasteiger partial charge is 0.411 e. The monoisotopic (exact) mass is 360 g/mol. The molecule has 0 spiro atoms. The summed E-state index contributed by atoms with van der Waals surface area (Å²) in [5.74, 6) is 0. The van der Waals surface area contributed by atoms with Crippen molar-refractivity contribution in [3.63, 3.8) is 0 Å². The van der Waals surface area contributed by atoms with Crippen LogP contribution in [0, 0.1) is 0 Å². The van der Waals surface area contributed by atoms with Crippen LogP contribution in [0.4, 0.5) is 18.0 Å². The van der Waals surface area contributed by atoms with Crippen molar-refractivity contribution >= 4 is 6.03 Å². The molecule has 1 aliphatic carbocycles. The van der Waals surface area contributed by atoms with Crippen LogP contribution >= 0.6 is 0 Å². The highest BCUT2D eigenvalue weighted by atomic mass is 19.4. The first-order valence-electron chi connectivity index (χ1n) is 8.26. The number of carbonyl (C=O) groups is 1. The van der Waals surface area contributed by atoms with E-state index in [4.69, 9.17) is 0 Å². The maximum atomic E-state index is 12.0. The number of amides is 2. The van der Waals surface area contributed by atoms with Crippen LogP contribution in [0.1, 0.15) is 36.8 Å². The Morgan fingerprint density at radius 3 is 2.32 bits per heavy atom. The van der Waals surface area contributed by atoms with Crippen LogP contribution in [-0.2, 0) is 17.9 Å². The lowest BCUT2D eigenvalue weighted by Gasteiger charge is -2.26. The van der Waals surface area contributed by atoms with Crippen LogP contribution in [0.2, 0.25) is 0 Å². The summed E-state index contributed by atoms with van der Waals surface area (Å²) in [7, 11) is 0. The molecule has 0 aromatic heterocycles. The van der Waals surface area contributed by atoms with Gasteiger partial charge < -0.3 is 20.5 Å². The first-order valence-corrected chi connectivity index (χ1v) is 8.26. The molecule has 0 unspecified atom stereocenters. The van der Waals surface area contributed by atoms with Crippen molar-refractivity contribution in [3.05, 3.63) is 35.4 Å². The Balaban J connectivity index is 1.67. The second-order valence-corrected chi connectivity index (χ2v) is 6.26. The number of ether oxygens (including phenoxy) is 1. The lowest BCUT2D eigenvalue weighted by molar-refractivity contribution is -0.176. The van der Waals surface area contributed by atoms with Crippen molar-refractivity contribution in [2.24, 2.45) is 0 Å². The van der Waals surface area contributed by atoms with E-state index < -0.39 is 12.8 Å². The normalized spacial score (nSPS) is 21.0. The lowest BCUT2D eigenvalue weighted by atomic mass is 9.93. The summed E-state index contributed by atoms with van der Waals surface area (Å²) >= 11 is 0. The summed E-state index contributed by atoms with van der Waals surface area (Å²) in [5, 5.41) is 15.1. The Bertz CT molecular complexity index is 541. The molecule has 1 saturated carbocycles. The molecule has 0 radical (unpaired) electrons. The molecule has 0 aliphatic heterocycles. The smallest absolute Gasteiger partial charge is 0.393 e. The van der Waals surface area contributed by atoms with Gasteiger partial charge >= 0.3 is 12.2 Å². The average Bonchev–Trinajstić information content (AvgIpc) is 2.55. The van der Waals surface area contributed by atoms with Gasteiger partial charge in [-0.15, -0.1) is 0 Å². The molecule has 0 atom stereocenters. The zero-order valence-electron chi connectivity index (χ0n) is 13.8. The third kappa shape index (κ3) is 7.74. The fourth-order valence-corrected chi connectivity index (χ4v) is 2.68. The number of urea groups is 1. The Kier molecular flexibility index (Phi) is 7.07. The number of alkyl halides is 3. The van der Waals surface area contributed by atoms with E-state index in [1.165, 1.54) is 0 Å². The van der Waals surface area contributed by atoms with Gasteiger partial charge in [-0.2, -0.15) is 13.2 Å². The highest BCUT2D eigenvalue weighted by molar-refractivity contribution is 5.74. The van der Waals surface area contributed by atoms with Gasteiger partial charge in [0.1, 0.15) is 6.61 Å². The minimum Gasteiger partial charge on any atom is -0.393 e. The second-order valence-electron chi connectivity index (χ2n) is 6.26. The minimum absolute atomic E-state index is 0.0801. The number of benzene rings is 1. The number of rotatable bonds is 6. The van der Waals surface area contributed by atoms with Gasteiger partial charge in [0.2, 0.25) is 0 Å². The Labute approximate surface area is 144 Å². The maximum Gasteiger partial charge on any atom is 0.411 e. The number of halogens is 3. The van der Waals surface area contributed by atoms with Crippen molar-refractivity contribution in [1.82, 2.24) is 10.6 Å². The van der Waals surface area contributed by atoms with Gasteiger partial charge in [0.15, 0.2) is 0 Å². The molecule has 2 amide bonds. The van der Waals surface area contributed by atoms with Gasteiger partial charge in [0.25, 0.3) is 0 Å². The molecule has 2 rings (SSSR count). The molecule has 0 heterocycles. The van der Waals surface area contributed by atoms with Gasteiger partial charge in [-0.05, 0) is 36.8 Å². The zero-order chi connectivity index (χ0) is 18.3. The van der Waals surface area contributed by atoms with Crippen LogP contribution < -0.4 is 10.6 Å². The predicted octanol–water partition coefficient (Wildman–Crippen LogP) is 2.87. The molecule has 3 N–H and O–H groups in total. The van der Waals surface area contributed by atoms with E-state index in [0.29, 0.717) is 24.9 Å².